The van der Waals surface area contributed by atoms with Gasteiger partial charge in [-0.3, -0.25) is 9.48 Å². The van der Waals surface area contributed by atoms with Gasteiger partial charge in [-0.15, -0.1) is 11.3 Å². The first-order valence-electron chi connectivity index (χ1n) is 6.65. The molecule has 21 heavy (non-hydrogen) atoms. The number of thiophene rings is 1. The van der Waals surface area contributed by atoms with Gasteiger partial charge in [0.15, 0.2) is 0 Å². The van der Waals surface area contributed by atoms with Gasteiger partial charge in [-0.2, -0.15) is 5.10 Å². The summed E-state index contributed by atoms with van der Waals surface area (Å²) in [5.74, 6) is -0.459. The molecule has 2 aromatic heterocycles. The Hall–Kier alpha value is -2.15. The first-order chi connectivity index (χ1) is 10.1. The lowest BCUT2D eigenvalue weighted by molar-refractivity contribution is -0.116. The van der Waals surface area contributed by atoms with Crippen molar-refractivity contribution in [3.63, 3.8) is 0 Å². The van der Waals surface area contributed by atoms with E-state index >= 15 is 0 Å². The van der Waals surface area contributed by atoms with Gasteiger partial charge >= 0.3 is 5.97 Å². The molecule has 0 aliphatic rings. The van der Waals surface area contributed by atoms with E-state index in [1.807, 2.05) is 13.0 Å². The van der Waals surface area contributed by atoms with Crippen molar-refractivity contribution in [2.45, 2.75) is 26.8 Å². The van der Waals surface area contributed by atoms with Crippen molar-refractivity contribution >= 4 is 28.2 Å². The summed E-state index contributed by atoms with van der Waals surface area (Å²) < 4.78 is 6.67. The largest absolute Gasteiger partial charge is 0.462 e. The Bertz CT molecular complexity index is 619. The van der Waals surface area contributed by atoms with Crippen LogP contribution in [-0.4, -0.2) is 28.3 Å². The van der Waals surface area contributed by atoms with Gasteiger partial charge in [-0.1, -0.05) is 0 Å². The standard InChI is InChI=1S/C14H17N3O3S/c1-3-20-14(19)13-10(2)9-12(21-13)16-11(18)5-8-17-7-4-6-15-17/h4,6-7,9H,3,5,8H2,1-2H3,(H,16,18). The minimum absolute atomic E-state index is 0.109. The Morgan fingerprint density at radius 1 is 1.48 bits per heavy atom. The van der Waals surface area contributed by atoms with Gasteiger partial charge in [0, 0.05) is 25.4 Å². The van der Waals surface area contributed by atoms with Crippen molar-refractivity contribution in [3.05, 3.63) is 35.0 Å². The monoisotopic (exact) mass is 307 g/mol. The summed E-state index contributed by atoms with van der Waals surface area (Å²) in [7, 11) is 0. The highest BCUT2D eigenvalue weighted by atomic mass is 32.1. The number of rotatable bonds is 6. The molecule has 1 N–H and O–H groups in total. The van der Waals surface area contributed by atoms with Crippen LogP contribution < -0.4 is 5.32 Å². The number of nitrogens with zero attached hydrogens (tertiary/aromatic N) is 2. The zero-order valence-electron chi connectivity index (χ0n) is 12.0. The molecule has 0 atom stereocenters. The third-order valence-corrected chi connectivity index (χ3v) is 3.90. The van der Waals surface area contributed by atoms with Gasteiger partial charge < -0.3 is 10.1 Å². The number of ether oxygens (including phenoxy) is 1. The molecule has 0 aliphatic carbocycles. The number of hydrogen-bond donors (Lipinski definition) is 1. The Morgan fingerprint density at radius 2 is 2.29 bits per heavy atom. The molecule has 0 aromatic carbocycles. The van der Waals surface area contributed by atoms with E-state index in [9.17, 15) is 9.59 Å². The zero-order chi connectivity index (χ0) is 15.2. The molecule has 1 amide bonds. The average Bonchev–Trinajstić information content (AvgIpc) is 3.06. The fraction of sp³-hybridized carbons (Fsp3) is 0.357. The summed E-state index contributed by atoms with van der Waals surface area (Å²) in [6.45, 7) is 4.44. The van der Waals surface area contributed by atoms with Crippen LogP contribution in [0.3, 0.4) is 0 Å². The highest BCUT2D eigenvalue weighted by Crippen LogP contribution is 2.27. The van der Waals surface area contributed by atoms with Crippen LogP contribution in [0.5, 0.6) is 0 Å². The van der Waals surface area contributed by atoms with Crippen molar-refractivity contribution in [1.82, 2.24) is 9.78 Å². The predicted molar refractivity (Wildman–Crippen MR) is 80.5 cm³/mol. The lowest BCUT2D eigenvalue weighted by Gasteiger charge is -2.02. The average molecular weight is 307 g/mol. The van der Waals surface area contributed by atoms with E-state index < -0.39 is 0 Å². The summed E-state index contributed by atoms with van der Waals surface area (Å²) >= 11 is 1.23. The molecular weight excluding hydrogens is 290 g/mol. The molecule has 0 bridgehead atoms. The van der Waals surface area contributed by atoms with Gasteiger partial charge in [0.1, 0.15) is 4.88 Å². The summed E-state index contributed by atoms with van der Waals surface area (Å²) in [5.41, 5.74) is 0.806. The number of anilines is 1. The number of amides is 1. The number of hydrogen-bond acceptors (Lipinski definition) is 5. The molecular formula is C14H17N3O3S. The van der Waals surface area contributed by atoms with Crippen LogP contribution in [0.2, 0.25) is 0 Å². The third kappa shape index (κ3) is 4.16. The SMILES string of the molecule is CCOC(=O)c1sc(NC(=O)CCn2cccn2)cc1C. The maximum Gasteiger partial charge on any atom is 0.348 e. The first-order valence-corrected chi connectivity index (χ1v) is 7.46. The number of carbonyl (C=O) groups excluding carboxylic acids is 2. The molecule has 2 aromatic rings. The van der Waals surface area contributed by atoms with Crippen LogP contribution in [-0.2, 0) is 16.1 Å². The van der Waals surface area contributed by atoms with E-state index in [0.717, 1.165) is 5.56 Å². The Balaban J connectivity index is 1.92. The molecule has 2 heterocycles. The second-order valence-corrected chi connectivity index (χ2v) is 5.46. The summed E-state index contributed by atoms with van der Waals surface area (Å²) in [6, 6.07) is 3.59. The second kappa shape index (κ2) is 7.03. The minimum atomic E-state index is -0.350. The molecule has 0 aliphatic heterocycles. The predicted octanol–water partition coefficient (Wildman–Crippen LogP) is 2.46. The highest BCUT2D eigenvalue weighted by molar-refractivity contribution is 7.18. The quantitative estimate of drug-likeness (QED) is 0.832. The minimum Gasteiger partial charge on any atom is -0.462 e. The van der Waals surface area contributed by atoms with E-state index in [2.05, 4.69) is 10.4 Å². The second-order valence-electron chi connectivity index (χ2n) is 4.41. The Labute approximate surface area is 126 Å². The van der Waals surface area contributed by atoms with Crippen LogP contribution in [0.1, 0.15) is 28.6 Å². The van der Waals surface area contributed by atoms with Crippen molar-refractivity contribution in [2.24, 2.45) is 0 Å². The smallest absolute Gasteiger partial charge is 0.348 e. The van der Waals surface area contributed by atoms with Crippen LogP contribution in [0, 0.1) is 6.92 Å². The van der Waals surface area contributed by atoms with E-state index in [-0.39, 0.29) is 11.9 Å². The van der Waals surface area contributed by atoms with Crippen LogP contribution in [0.4, 0.5) is 5.00 Å². The molecule has 0 unspecified atom stereocenters. The molecule has 0 saturated carbocycles. The first kappa shape index (κ1) is 15.2. The van der Waals surface area contributed by atoms with Gasteiger partial charge in [0.2, 0.25) is 5.91 Å². The van der Waals surface area contributed by atoms with Crippen LogP contribution in [0.15, 0.2) is 24.5 Å². The normalized spacial score (nSPS) is 10.4. The molecule has 0 spiro atoms. The van der Waals surface area contributed by atoms with Gasteiger partial charge in [-0.05, 0) is 31.5 Å². The molecule has 112 valence electrons. The van der Waals surface area contributed by atoms with E-state index in [1.165, 1.54) is 11.3 Å². The highest BCUT2D eigenvalue weighted by Gasteiger charge is 2.15. The van der Waals surface area contributed by atoms with Crippen molar-refractivity contribution < 1.29 is 14.3 Å². The third-order valence-electron chi connectivity index (χ3n) is 2.77. The maximum absolute atomic E-state index is 11.9. The molecule has 0 fully saturated rings. The van der Waals surface area contributed by atoms with Gasteiger partial charge in [-0.25, -0.2) is 4.79 Å². The molecule has 7 heteroatoms. The Kier molecular flexibility index (Phi) is 5.10. The zero-order valence-corrected chi connectivity index (χ0v) is 12.8. The topological polar surface area (TPSA) is 73.2 Å². The number of esters is 1. The van der Waals surface area contributed by atoms with Gasteiger partial charge in [0.05, 0.1) is 11.6 Å². The number of aryl methyl sites for hydroxylation is 2. The maximum atomic E-state index is 11.9. The fourth-order valence-electron chi connectivity index (χ4n) is 1.79. The number of carbonyl (C=O) groups is 2. The summed E-state index contributed by atoms with van der Waals surface area (Å²) in [6.07, 6.45) is 3.81. The number of nitrogens with one attached hydrogen (secondary N) is 1. The van der Waals surface area contributed by atoms with Crippen LogP contribution >= 0.6 is 11.3 Å². The van der Waals surface area contributed by atoms with Crippen molar-refractivity contribution in [2.75, 3.05) is 11.9 Å². The summed E-state index contributed by atoms with van der Waals surface area (Å²) in [5, 5.41) is 7.48. The lowest BCUT2D eigenvalue weighted by atomic mass is 10.3. The fourth-order valence-corrected chi connectivity index (χ4v) is 2.77. The van der Waals surface area contributed by atoms with Crippen molar-refractivity contribution in [1.29, 1.82) is 0 Å². The molecule has 0 saturated heterocycles. The van der Waals surface area contributed by atoms with E-state index in [4.69, 9.17) is 4.74 Å². The van der Waals surface area contributed by atoms with E-state index in [1.54, 1.807) is 30.1 Å². The van der Waals surface area contributed by atoms with Gasteiger partial charge in [0.25, 0.3) is 0 Å². The van der Waals surface area contributed by atoms with Crippen LogP contribution in [0.25, 0.3) is 0 Å². The van der Waals surface area contributed by atoms with Crippen molar-refractivity contribution in [3.8, 4) is 0 Å². The number of aromatic nitrogens is 2. The summed E-state index contributed by atoms with van der Waals surface area (Å²) in [4.78, 5) is 24.1. The lowest BCUT2D eigenvalue weighted by Crippen LogP contribution is -2.13. The Morgan fingerprint density at radius 3 is 2.95 bits per heavy atom. The molecule has 0 radical (unpaired) electrons. The van der Waals surface area contributed by atoms with E-state index in [0.29, 0.717) is 29.5 Å². The molecule has 2 rings (SSSR count). The molecule has 6 nitrogen and oxygen atoms in total.